The highest BCUT2D eigenvalue weighted by atomic mass is 14.7. The molecule has 2 rings (SSSR count). The van der Waals surface area contributed by atoms with Gasteiger partial charge in [-0.2, -0.15) is 0 Å². The van der Waals surface area contributed by atoms with Crippen molar-refractivity contribution in [1.82, 2.24) is 4.98 Å². The van der Waals surface area contributed by atoms with E-state index in [2.05, 4.69) is 30.8 Å². The fraction of sp³-hybridized carbons (Fsp3) is 0.533. The Morgan fingerprint density at radius 1 is 1.56 bits per heavy atom. The van der Waals surface area contributed by atoms with Crippen molar-refractivity contribution < 1.29 is 0 Å². The molecule has 0 bridgehead atoms. The van der Waals surface area contributed by atoms with E-state index >= 15 is 0 Å². The van der Waals surface area contributed by atoms with E-state index in [4.69, 9.17) is 6.42 Å². The Kier molecular flexibility index (Phi) is 3.29. The SMILES string of the molecule is C#CC1CCc2nccc(CC(C)C)c2C1. The summed E-state index contributed by atoms with van der Waals surface area (Å²) in [6, 6.07) is 2.16. The van der Waals surface area contributed by atoms with Crippen molar-refractivity contribution in [3.8, 4) is 12.3 Å². The van der Waals surface area contributed by atoms with Crippen molar-refractivity contribution in [2.24, 2.45) is 11.8 Å². The molecule has 1 aliphatic rings. The molecule has 0 saturated carbocycles. The van der Waals surface area contributed by atoms with Crippen LogP contribution in [0.15, 0.2) is 12.3 Å². The van der Waals surface area contributed by atoms with Gasteiger partial charge in [-0.05, 0) is 48.8 Å². The molecule has 1 aromatic heterocycles. The van der Waals surface area contributed by atoms with Gasteiger partial charge in [0.05, 0.1) is 0 Å². The van der Waals surface area contributed by atoms with E-state index in [1.807, 2.05) is 6.20 Å². The number of rotatable bonds is 2. The zero-order chi connectivity index (χ0) is 11.5. The van der Waals surface area contributed by atoms with Crippen LogP contribution in [0.25, 0.3) is 0 Å². The molecular weight excluding hydrogens is 194 g/mol. The smallest absolute Gasteiger partial charge is 0.0439 e. The van der Waals surface area contributed by atoms with Gasteiger partial charge in [0.1, 0.15) is 0 Å². The Hall–Kier alpha value is -1.29. The third kappa shape index (κ3) is 2.27. The fourth-order valence-corrected chi connectivity index (χ4v) is 2.48. The van der Waals surface area contributed by atoms with E-state index in [-0.39, 0.29) is 0 Å². The number of hydrogen-bond donors (Lipinski definition) is 0. The van der Waals surface area contributed by atoms with Gasteiger partial charge >= 0.3 is 0 Å². The number of aromatic nitrogens is 1. The van der Waals surface area contributed by atoms with Gasteiger partial charge in [-0.1, -0.05) is 13.8 Å². The fourth-order valence-electron chi connectivity index (χ4n) is 2.48. The normalized spacial score (nSPS) is 19.2. The van der Waals surface area contributed by atoms with Crippen LogP contribution in [0.3, 0.4) is 0 Å². The van der Waals surface area contributed by atoms with Crippen LogP contribution >= 0.6 is 0 Å². The Morgan fingerprint density at radius 3 is 3.06 bits per heavy atom. The van der Waals surface area contributed by atoms with Crippen molar-refractivity contribution in [1.29, 1.82) is 0 Å². The van der Waals surface area contributed by atoms with Gasteiger partial charge in [0.25, 0.3) is 0 Å². The highest BCUT2D eigenvalue weighted by molar-refractivity contribution is 5.34. The monoisotopic (exact) mass is 213 g/mol. The maximum absolute atomic E-state index is 5.54. The van der Waals surface area contributed by atoms with E-state index in [0.717, 1.165) is 25.7 Å². The second-order valence-electron chi connectivity index (χ2n) is 5.10. The molecule has 0 spiro atoms. The minimum atomic E-state index is 0.419. The lowest BCUT2D eigenvalue weighted by Gasteiger charge is -2.23. The Morgan fingerprint density at radius 2 is 2.38 bits per heavy atom. The van der Waals surface area contributed by atoms with Gasteiger partial charge < -0.3 is 0 Å². The summed E-state index contributed by atoms with van der Waals surface area (Å²) in [5.74, 6) is 4.01. The number of pyridine rings is 1. The summed E-state index contributed by atoms with van der Waals surface area (Å²) in [5.41, 5.74) is 4.18. The standard InChI is InChI=1S/C15H19N/c1-4-12-5-6-15-14(10-12)13(7-8-16-15)9-11(2)3/h1,7-8,11-12H,5-6,9-10H2,2-3H3. The van der Waals surface area contributed by atoms with E-state index in [1.54, 1.807) is 0 Å². The van der Waals surface area contributed by atoms with Gasteiger partial charge in [0.15, 0.2) is 0 Å². The van der Waals surface area contributed by atoms with Crippen LogP contribution in [-0.4, -0.2) is 4.98 Å². The summed E-state index contributed by atoms with van der Waals surface area (Å²) in [7, 11) is 0. The average molecular weight is 213 g/mol. The predicted molar refractivity (Wildman–Crippen MR) is 67.1 cm³/mol. The van der Waals surface area contributed by atoms with Gasteiger partial charge in [-0.15, -0.1) is 12.3 Å². The molecule has 0 saturated heterocycles. The summed E-state index contributed by atoms with van der Waals surface area (Å²) in [6.45, 7) is 4.52. The molecular formula is C15H19N. The highest BCUT2D eigenvalue weighted by Gasteiger charge is 2.20. The molecule has 1 aliphatic carbocycles. The highest BCUT2D eigenvalue weighted by Crippen LogP contribution is 2.27. The van der Waals surface area contributed by atoms with Crippen molar-refractivity contribution >= 4 is 0 Å². The second-order valence-corrected chi connectivity index (χ2v) is 5.10. The van der Waals surface area contributed by atoms with Crippen LogP contribution in [0, 0.1) is 24.2 Å². The maximum atomic E-state index is 5.54. The molecule has 1 heterocycles. The molecule has 0 aromatic carbocycles. The van der Waals surface area contributed by atoms with Gasteiger partial charge in [0.2, 0.25) is 0 Å². The molecule has 1 unspecified atom stereocenters. The first-order chi connectivity index (χ1) is 7.70. The number of terminal acetylenes is 1. The lowest BCUT2D eigenvalue weighted by atomic mass is 9.83. The average Bonchev–Trinajstić information content (AvgIpc) is 2.28. The molecule has 1 heteroatoms. The molecule has 0 aliphatic heterocycles. The first kappa shape index (κ1) is 11.2. The third-order valence-corrected chi connectivity index (χ3v) is 3.29. The van der Waals surface area contributed by atoms with Gasteiger partial charge in [0, 0.05) is 17.8 Å². The lowest BCUT2D eigenvalue weighted by Crippen LogP contribution is -2.16. The summed E-state index contributed by atoms with van der Waals surface area (Å²) in [5, 5.41) is 0. The first-order valence-corrected chi connectivity index (χ1v) is 6.12. The molecule has 0 N–H and O–H groups in total. The Bertz CT molecular complexity index is 412. The summed E-state index contributed by atoms with van der Waals surface area (Å²) in [4.78, 5) is 4.49. The van der Waals surface area contributed by atoms with Crippen molar-refractivity contribution in [2.75, 3.05) is 0 Å². The van der Waals surface area contributed by atoms with Crippen molar-refractivity contribution in [3.05, 3.63) is 29.1 Å². The molecule has 1 aromatic rings. The van der Waals surface area contributed by atoms with E-state index < -0.39 is 0 Å². The number of aryl methyl sites for hydroxylation is 1. The van der Waals surface area contributed by atoms with E-state index in [1.165, 1.54) is 16.8 Å². The number of nitrogens with zero attached hydrogens (tertiary/aromatic N) is 1. The van der Waals surface area contributed by atoms with E-state index in [9.17, 15) is 0 Å². The van der Waals surface area contributed by atoms with Crippen LogP contribution < -0.4 is 0 Å². The van der Waals surface area contributed by atoms with Crippen molar-refractivity contribution in [3.63, 3.8) is 0 Å². The Balaban J connectivity index is 2.31. The predicted octanol–water partition coefficient (Wildman–Crippen LogP) is 3.02. The first-order valence-electron chi connectivity index (χ1n) is 6.12. The lowest BCUT2D eigenvalue weighted by molar-refractivity contribution is 0.548. The van der Waals surface area contributed by atoms with Crippen LogP contribution in [0.1, 0.15) is 37.1 Å². The molecule has 0 fully saturated rings. The third-order valence-electron chi connectivity index (χ3n) is 3.29. The number of fused-ring (bicyclic) bond motifs is 1. The van der Waals surface area contributed by atoms with Gasteiger partial charge in [-0.25, -0.2) is 0 Å². The molecule has 84 valence electrons. The molecule has 16 heavy (non-hydrogen) atoms. The summed E-state index contributed by atoms with van der Waals surface area (Å²) >= 11 is 0. The van der Waals surface area contributed by atoms with E-state index in [0.29, 0.717) is 11.8 Å². The molecule has 0 amide bonds. The minimum absolute atomic E-state index is 0.419. The van der Waals surface area contributed by atoms with Crippen LogP contribution in [0.4, 0.5) is 0 Å². The van der Waals surface area contributed by atoms with Crippen LogP contribution in [-0.2, 0) is 19.3 Å². The van der Waals surface area contributed by atoms with Crippen LogP contribution in [0.5, 0.6) is 0 Å². The quantitative estimate of drug-likeness (QED) is 0.688. The molecule has 1 atom stereocenters. The topological polar surface area (TPSA) is 12.9 Å². The van der Waals surface area contributed by atoms with Crippen LogP contribution in [0.2, 0.25) is 0 Å². The maximum Gasteiger partial charge on any atom is 0.0439 e. The number of hydrogen-bond acceptors (Lipinski definition) is 1. The zero-order valence-corrected chi connectivity index (χ0v) is 10.2. The van der Waals surface area contributed by atoms with Gasteiger partial charge in [-0.3, -0.25) is 4.98 Å². The summed E-state index contributed by atoms with van der Waals surface area (Å²) in [6.07, 6.45) is 11.8. The molecule has 0 radical (unpaired) electrons. The largest absolute Gasteiger partial charge is 0.261 e. The Labute approximate surface area is 98.3 Å². The van der Waals surface area contributed by atoms with Crippen molar-refractivity contribution in [2.45, 2.75) is 39.5 Å². The minimum Gasteiger partial charge on any atom is -0.261 e. The zero-order valence-electron chi connectivity index (χ0n) is 10.2. The molecule has 1 nitrogen and oxygen atoms in total. The summed E-state index contributed by atoms with van der Waals surface area (Å²) < 4.78 is 0. The second kappa shape index (κ2) is 4.70.